The van der Waals surface area contributed by atoms with Gasteiger partial charge < -0.3 is 20.6 Å². The third kappa shape index (κ3) is 4.83. The Kier molecular flexibility index (Phi) is 7.00. The molecule has 0 aromatic rings. The molecule has 162 valence electrons. The second-order valence-corrected chi connectivity index (χ2v) is 8.28. The number of amides is 2. The number of hydrogen-bond donors (Lipinski definition) is 4. The van der Waals surface area contributed by atoms with Crippen LogP contribution in [0.2, 0.25) is 0 Å². The number of nitrogens with zero attached hydrogens (tertiary/aromatic N) is 2. The number of carbonyl (C=O) groups excluding carboxylic acids is 2. The third-order valence-corrected chi connectivity index (χ3v) is 6.25. The Morgan fingerprint density at radius 2 is 1.59 bits per heavy atom. The van der Waals surface area contributed by atoms with Crippen molar-refractivity contribution in [1.29, 1.82) is 0 Å². The van der Waals surface area contributed by atoms with Gasteiger partial charge in [-0.15, -0.1) is 0 Å². The molecule has 4 N–H and O–H groups in total. The van der Waals surface area contributed by atoms with Crippen LogP contribution in [0.5, 0.6) is 0 Å². The van der Waals surface area contributed by atoms with Crippen molar-refractivity contribution in [3.63, 3.8) is 0 Å². The smallest absolute Gasteiger partial charge is 0.322 e. The molecule has 0 aromatic carbocycles. The van der Waals surface area contributed by atoms with E-state index >= 15 is 0 Å². The lowest BCUT2D eigenvalue weighted by molar-refractivity contribution is -0.175. The van der Waals surface area contributed by atoms with E-state index in [-0.39, 0.29) is 12.0 Å². The van der Waals surface area contributed by atoms with Gasteiger partial charge in [-0.2, -0.15) is 0 Å². The average Bonchev–Trinajstić information content (AvgIpc) is 2.71. The van der Waals surface area contributed by atoms with Crippen LogP contribution in [0.3, 0.4) is 0 Å². The Morgan fingerprint density at radius 1 is 1.00 bits per heavy atom. The molecular weight excluding hydrogens is 378 g/mol. The zero-order valence-corrected chi connectivity index (χ0v) is 16.7. The highest BCUT2D eigenvalue weighted by Gasteiger charge is 2.45. The molecule has 1 aliphatic heterocycles. The Morgan fingerprint density at radius 3 is 2.17 bits per heavy atom. The van der Waals surface area contributed by atoms with Gasteiger partial charge in [0.2, 0.25) is 12.2 Å². The number of nitrogens with one attached hydrogen (secondary N) is 1. The highest BCUT2D eigenvalue weighted by molar-refractivity contribution is 6.19. The summed E-state index contributed by atoms with van der Waals surface area (Å²) in [5.74, 6) is -3.24. The molecule has 1 unspecified atom stereocenters. The first-order chi connectivity index (χ1) is 13.9. The van der Waals surface area contributed by atoms with Crippen LogP contribution in [0.15, 0.2) is 11.5 Å². The highest BCUT2D eigenvalue weighted by Crippen LogP contribution is 2.33. The second kappa shape index (κ2) is 9.47. The van der Waals surface area contributed by atoms with Gasteiger partial charge in [-0.25, -0.2) is 0 Å². The van der Waals surface area contributed by atoms with Crippen molar-refractivity contribution in [2.24, 2.45) is 5.92 Å². The molecule has 0 saturated heterocycles. The fraction of sp³-hybridized carbons (Fsp3) is 0.750. The summed E-state index contributed by atoms with van der Waals surface area (Å²) in [5.41, 5.74) is -0.488. The summed E-state index contributed by atoms with van der Waals surface area (Å²) >= 11 is 0. The van der Waals surface area contributed by atoms with E-state index in [1.807, 2.05) is 0 Å². The summed E-state index contributed by atoms with van der Waals surface area (Å²) in [6, 6.07) is -0.213. The van der Waals surface area contributed by atoms with E-state index in [1.54, 1.807) is 0 Å². The lowest BCUT2D eigenvalue weighted by atomic mass is 9.88. The van der Waals surface area contributed by atoms with Crippen molar-refractivity contribution < 1.29 is 29.7 Å². The molecule has 0 bridgehead atoms. The van der Waals surface area contributed by atoms with Crippen molar-refractivity contribution in [1.82, 2.24) is 15.1 Å². The number of carboxylic acid groups (broad SMARTS) is 1. The van der Waals surface area contributed by atoms with E-state index in [4.69, 9.17) is 5.11 Å². The van der Waals surface area contributed by atoms with E-state index in [9.17, 15) is 24.6 Å². The van der Waals surface area contributed by atoms with Crippen molar-refractivity contribution >= 4 is 17.8 Å². The summed E-state index contributed by atoms with van der Waals surface area (Å²) in [6.45, 7) is -0.309. The summed E-state index contributed by atoms with van der Waals surface area (Å²) in [6.07, 6.45) is 8.30. The van der Waals surface area contributed by atoms with Gasteiger partial charge in [-0.1, -0.05) is 38.5 Å². The van der Waals surface area contributed by atoms with Gasteiger partial charge in [-0.05, 0) is 31.6 Å². The zero-order valence-electron chi connectivity index (χ0n) is 16.7. The van der Waals surface area contributed by atoms with Crippen LogP contribution in [0.1, 0.15) is 64.2 Å². The van der Waals surface area contributed by atoms with Gasteiger partial charge in [0.15, 0.2) is 5.57 Å². The minimum atomic E-state index is -1.33. The lowest BCUT2D eigenvalue weighted by Gasteiger charge is -2.46. The third-order valence-electron chi connectivity index (χ3n) is 6.25. The quantitative estimate of drug-likeness (QED) is 0.486. The van der Waals surface area contributed by atoms with E-state index in [0.29, 0.717) is 6.54 Å². The Labute approximate surface area is 170 Å². The summed E-state index contributed by atoms with van der Waals surface area (Å²) in [4.78, 5) is 39.1. The van der Waals surface area contributed by atoms with Crippen LogP contribution in [-0.2, 0) is 14.4 Å². The molecule has 3 aliphatic rings. The summed E-state index contributed by atoms with van der Waals surface area (Å²) in [7, 11) is 0. The molecule has 1 heterocycles. The number of carboxylic acids is 1. The molecule has 1 atom stereocenters. The fourth-order valence-corrected chi connectivity index (χ4v) is 4.72. The Balaban J connectivity index is 1.89. The van der Waals surface area contributed by atoms with E-state index < -0.39 is 42.1 Å². The Hall–Kier alpha value is -2.29. The number of aliphatic carboxylic acids is 1. The maximum atomic E-state index is 13.1. The van der Waals surface area contributed by atoms with Crippen LogP contribution >= 0.6 is 0 Å². The maximum Gasteiger partial charge on any atom is 0.322 e. The average molecular weight is 409 g/mol. The monoisotopic (exact) mass is 409 g/mol. The molecule has 0 aromatic heterocycles. The molecule has 3 rings (SSSR count). The first-order valence-corrected chi connectivity index (χ1v) is 10.6. The molecule has 2 fully saturated rings. The summed E-state index contributed by atoms with van der Waals surface area (Å²) in [5, 5.41) is 32.7. The van der Waals surface area contributed by atoms with Gasteiger partial charge in [0.1, 0.15) is 6.54 Å². The van der Waals surface area contributed by atoms with Crippen molar-refractivity contribution in [3.05, 3.63) is 11.5 Å². The van der Waals surface area contributed by atoms with E-state index in [2.05, 4.69) is 5.32 Å². The predicted molar refractivity (Wildman–Crippen MR) is 103 cm³/mol. The predicted octanol–water partition coefficient (Wildman–Crippen LogP) is 1.29. The zero-order chi connectivity index (χ0) is 21.0. The minimum Gasteiger partial charge on any atom is -0.494 e. The van der Waals surface area contributed by atoms with Crippen molar-refractivity contribution in [3.8, 4) is 0 Å². The molecule has 0 spiro atoms. The molecule has 9 nitrogen and oxygen atoms in total. The second-order valence-electron chi connectivity index (χ2n) is 8.28. The van der Waals surface area contributed by atoms with E-state index in [0.717, 1.165) is 64.2 Å². The van der Waals surface area contributed by atoms with Crippen molar-refractivity contribution in [2.75, 3.05) is 13.1 Å². The standard InChI is InChI=1S/C20H31N3O6/c24-15(25)11-21-17(26)16-18(27)22(12-13-7-3-1-4-8-13)20(29)23(19(16)28)14-9-5-2-6-10-14/h13-14,20,27,29H,1-12H2,(H,21,26)(H,24,25). The number of aliphatic hydroxyl groups excluding tert-OH is 2. The molecular formula is C20H31N3O6. The van der Waals surface area contributed by atoms with Crippen LogP contribution in [0, 0.1) is 5.92 Å². The molecule has 2 amide bonds. The minimum absolute atomic E-state index is 0.213. The SMILES string of the molecule is O=C(O)CNC(=O)C1=C(O)N(CC2CCCCC2)C(O)N(C2CCCCC2)C1=O. The van der Waals surface area contributed by atoms with Gasteiger partial charge in [0.25, 0.3) is 11.8 Å². The fourth-order valence-electron chi connectivity index (χ4n) is 4.72. The molecule has 0 radical (unpaired) electrons. The van der Waals surface area contributed by atoms with Crippen LogP contribution in [-0.4, -0.2) is 68.4 Å². The molecule has 2 aliphatic carbocycles. The number of carbonyl (C=O) groups is 3. The van der Waals surface area contributed by atoms with Gasteiger partial charge >= 0.3 is 5.97 Å². The summed E-state index contributed by atoms with van der Waals surface area (Å²) < 4.78 is 0. The van der Waals surface area contributed by atoms with Crippen LogP contribution in [0.4, 0.5) is 0 Å². The van der Waals surface area contributed by atoms with Gasteiger partial charge in [-0.3, -0.25) is 24.2 Å². The van der Waals surface area contributed by atoms with Crippen molar-refractivity contribution in [2.45, 2.75) is 76.6 Å². The normalized spacial score (nSPS) is 24.7. The van der Waals surface area contributed by atoms with Gasteiger partial charge in [0.05, 0.1) is 0 Å². The first-order valence-electron chi connectivity index (χ1n) is 10.6. The molecule has 9 heteroatoms. The van der Waals surface area contributed by atoms with Gasteiger partial charge in [0, 0.05) is 12.6 Å². The molecule has 29 heavy (non-hydrogen) atoms. The number of hydrogen-bond acceptors (Lipinski definition) is 6. The number of rotatable bonds is 6. The first kappa shape index (κ1) is 21.4. The van der Waals surface area contributed by atoms with Crippen LogP contribution in [0.25, 0.3) is 0 Å². The lowest BCUT2D eigenvalue weighted by Crippen LogP contribution is -2.61. The molecule has 2 saturated carbocycles. The number of aliphatic hydroxyl groups is 2. The Bertz CT molecular complexity index is 667. The maximum absolute atomic E-state index is 13.1. The van der Waals surface area contributed by atoms with Crippen LogP contribution < -0.4 is 5.32 Å². The largest absolute Gasteiger partial charge is 0.494 e. The topological polar surface area (TPSA) is 130 Å². The highest BCUT2D eigenvalue weighted by atomic mass is 16.4. The van der Waals surface area contributed by atoms with E-state index in [1.165, 1.54) is 9.80 Å².